The summed E-state index contributed by atoms with van der Waals surface area (Å²) in [5.74, 6) is 0. The number of pyridine rings is 1. The standard InChI is InChI=1S/C17H20BrN3O4S2/c1-26(22,23)15-5-6-16(18)17(12-15)27(24,25)21-10-8-20(9-11-21)13-14-4-2-3-7-19-14/h2-7,12H,8-11,13H2,1H3. The van der Waals surface area contributed by atoms with E-state index in [0.29, 0.717) is 37.2 Å². The second-order valence-corrected chi connectivity index (χ2v) is 11.1. The number of piperazine rings is 1. The van der Waals surface area contributed by atoms with E-state index in [4.69, 9.17) is 0 Å². The van der Waals surface area contributed by atoms with Crippen LogP contribution in [0, 0.1) is 0 Å². The van der Waals surface area contributed by atoms with Gasteiger partial charge >= 0.3 is 0 Å². The second-order valence-electron chi connectivity index (χ2n) is 6.37. The molecule has 0 atom stereocenters. The second kappa shape index (κ2) is 7.96. The minimum atomic E-state index is -3.79. The highest BCUT2D eigenvalue weighted by Gasteiger charge is 2.31. The fourth-order valence-electron chi connectivity index (χ4n) is 2.90. The Hall–Kier alpha value is -1.33. The molecule has 27 heavy (non-hydrogen) atoms. The third-order valence-corrected chi connectivity index (χ3v) is 8.39. The van der Waals surface area contributed by atoms with E-state index >= 15 is 0 Å². The first-order valence-corrected chi connectivity index (χ1v) is 12.4. The lowest BCUT2D eigenvalue weighted by atomic mass is 10.3. The molecule has 2 heterocycles. The molecule has 1 fully saturated rings. The minimum absolute atomic E-state index is 0.0157. The Labute approximate surface area is 168 Å². The molecule has 1 aliphatic rings. The van der Waals surface area contributed by atoms with Gasteiger partial charge in [-0.1, -0.05) is 6.07 Å². The molecule has 1 saturated heterocycles. The van der Waals surface area contributed by atoms with Gasteiger partial charge in [-0.3, -0.25) is 9.88 Å². The molecule has 1 aliphatic heterocycles. The summed E-state index contributed by atoms with van der Waals surface area (Å²) in [5, 5.41) is 0. The van der Waals surface area contributed by atoms with Crippen molar-refractivity contribution < 1.29 is 16.8 Å². The average molecular weight is 474 g/mol. The molecule has 0 unspecified atom stereocenters. The van der Waals surface area contributed by atoms with E-state index in [0.717, 1.165) is 11.9 Å². The number of benzene rings is 1. The summed E-state index contributed by atoms with van der Waals surface area (Å²) >= 11 is 3.24. The van der Waals surface area contributed by atoms with Gasteiger partial charge < -0.3 is 0 Å². The number of aromatic nitrogens is 1. The summed E-state index contributed by atoms with van der Waals surface area (Å²) in [4.78, 5) is 6.40. The SMILES string of the molecule is CS(=O)(=O)c1ccc(Br)c(S(=O)(=O)N2CCN(Cc3ccccn3)CC2)c1. The Kier molecular flexibility index (Phi) is 6.02. The van der Waals surface area contributed by atoms with Crippen molar-refractivity contribution in [3.05, 3.63) is 52.8 Å². The van der Waals surface area contributed by atoms with Gasteiger partial charge in [0.15, 0.2) is 9.84 Å². The number of rotatable bonds is 5. The molecule has 0 bridgehead atoms. The van der Waals surface area contributed by atoms with Crippen LogP contribution in [0.1, 0.15) is 5.69 Å². The zero-order valence-corrected chi connectivity index (χ0v) is 18.0. The Bertz CT molecular complexity index is 1020. The van der Waals surface area contributed by atoms with E-state index in [9.17, 15) is 16.8 Å². The van der Waals surface area contributed by atoms with Crippen molar-refractivity contribution in [2.24, 2.45) is 0 Å². The summed E-state index contributed by atoms with van der Waals surface area (Å²) < 4.78 is 51.4. The van der Waals surface area contributed by atoms with Crippen molar-refractivity contribution in [3.8, 4) is 0 Å². The smallest absolute Gasteiger partial charge is 0.244 e. The maximum Gasteiger partial charge on any atom is 0.244 e. The van der Waals surface area contributed by atoms with Crippen LogP contribution in [0.2, 0.25) is 0 Å². The molecule has 10 heteroatoms. The van der Waals surface area contributed by atoms with Gasteiger partial charge in [0.2, 0.25) is 10.0 Å². The fraction of sp³-hybridized carbons (Fsp3) is 0.353. The zero-order valence-electron chi connectivity index (χ0n) is 14.7. The maximum atomic E-state index is 13.0. The van der Waals surface area contributed by atoms with Crippen LogP contribution >= 0.6 is 15.9 Å². The van der Waals surface area contributed by atoms with E-state index in [1.54, 1.807) is 6.20 Å². The highest BCUT2D eigenvalue weighted by Crippen LogP contribution is 2.28. The van der Waals surface area contributed by atoms with E-state index in [1.165, 1.54) is 22.5 Å². The number of hydrogen-bond donors (Lipinski definition) is 0. The molecular formula is C17H20BrN3O4S2. The van der Waals surface area contributed by atoms with Crippen molar-refractivity contribution in [2.45, 2.75) is 16.3 Å². The van der Waals surface area contributed by atoms with Crippen LogP contribution in [-0.4, -0.2) is 63.5 Å². The summed E-state index contributed by atoms with van der Waals surface area (Å²) in [5.41, 5.74) is 0.942. The van der Waals surface area contributed by atoms with Crippen molar-refractivity contribution in [2.75, 3.05) is 32.4 Å². The lowest BCUT2D eigenvalue weighted by Crippen LogP contribution is -2.48. The highest BCUT2D eigenvalue weighted by atomic mass is 79.9. The van der Waals surface area contributed by atoms with Crippen LogP contribution in [0.15, 0.2) is 56.9 Å². The third-order valence-electron chi connectivity index (χ3n) is 4.39. The topological polar surface area (TPSA) is 87.6 Å². The van der Waals surface area contributed by atoms with Crippen molar-refractivity contribution in [1.82, 2.24) is 14.2 Å². The van der Waals surface area contributed by atoms with Crippen molar-refractivity contribution in [1.29, 1.82) is 0 Å². The van der Waals surface area contributed by atoms with E-state index < -0.39 is 19.9 Å². The minimum Gasteiger partial charge on any atom is -0.295 e. The van der Waals surface area contributed by atoms with Crippen molar-refractivity contribution >= 4 is 35.8 Å². The summed E-state index contributed by atoms with van der Waals surface area (Å²) in [6, 6.07) is 9.79. The molecule has 1 aromatic carbocycles. The number of hydrogen-bond acceptors (Lipinski definition) is 6. The van der Waals surface area contributed by atoms with Crippen LogP contribution < -0.4 is 0 Å². The summed E-state index contributed by atoms with van der Waals surface area (Å²) in [6.07, 6.45) is 2.80. The number of sulfone groups is 1. The van der Waals surface area contributed by atoms with Crippen LogP contribution in [0.3, 0.4) is 0 Å². The molecular weight excluding hydrogens is 454 g/mol. The summed E-state index contributed by atoms with van der Waals surface area (Å²) in [6.45, 7) is 2.51. The van der Waals surface area contributed by atoms with Gasteiger partial charge in [-0.25, -0.2) is 16.8 Å². The van der Waals surface area contributed by atoms with Gasteiger partial charge in [0.25, 0.3) is 0 Å². The zero-order chi connectivity index (χ0) is 19.7. The first-order valence-electron chi connectivity index (χ1n) is 8.30. The summed E-state index contributed by atoms with van der Waals surface area (Å²) in [7, 11) is -7.29. The van der Waals surface area contributed by atoms with Gasteiger partial charge in [0.05, 0.1) is 15.5 Å². The lowest BCUT2D eigenvalue weighted by molar-refractivity contribution is 0.180. The molecule has 146 valence electrons. The van der Waals surface area contributed by atoms with E-state index in [2.05, 4.69) is 25.8 Å². The number of nitrogens with zero attached hydrogens (tertiary/aromatic N) is 3. The molecule has 0 radical (unpaired) electrons. The van der Waals surface area contributed by atoms with Crippen LogP contribution in [-0.2, 0) is 26.4 Å². The maximum absolute atomic E-state index is 13.0. The fourth-order valence-corrected chi connectivity index (χ4v) is 5.99. The molecule has 0 aliphatic carbocycles. The quantitative estimate of drug-likeness (QED) is 0.657. The van der Waals surface area contributed by atoms with Gasteiger partial charge in [0.1, 0.15) is 0 Å². The van der Waals surface area contributed by atoms with Crippen molar-refractivity contribution in [3.63, 3.8) is 0 Å². The molecule has 0 N–H and O–H groups in total. The molecule has 3 rings (SSSR count). The third kappa shape index (κ3) is 4.75. The molecule has 1 aromatic heterocycles. The van der Waals surface area contributed by atoms with E-state index in [1.807, 2.05) is 18.2 Å². The van der Waals surface area contributed by atoms with Crippen LogP contribution in [0.4, 0.5) is 0 Å². The van der Waals surface area contributed by atoms with Gasteiger partial charge in [-0.15, -0.1) is 0 Å². The van der Waals surface area contributed by atoms with Crippen LogP contribution in [0.25, 0.3) is 0 Å². The average Bonchev–Trinajstić information content (AvgIpc) is 2.62. The van der Waals surface area contributed by atoms with E-state index in [-0.39, 0.29) is 9.79 Å². The first kappa shape index (κ1) is 20.4. The van der Waals surface area contributed by atoms with Gasteiger partial charge in [-0.05, 0) is 46.3 Å². The Morgan fingerprint density at radius 1 is 1.04 bits per heavy atom. The molecule has 0 spiro atoms. The normalized spacial score (nSPS) is 17.1. The Morgan fingerprint density at radius 2 is 1.74 bits per heavy atom. The number of halogens is 1. The van der Waals surface area contributed by atoms with Crippen LogP contribution in [0.5, 0.6) is 0 Å². The largest absolute Gasteiger partial charge is 0.295 e. The van der Waals surface area contributed by atoms with Gasteiger partial charge in [-0.2, -0.15) is 4.31 Å². The molecule has 7 nitrogen and oxygen atoms in total. The highest BCUT2D eigenvalue weighted by molar-refractivity contribution is 9.10. The molecule has 2 aromatic rings. The Morgan fingerprint density at radius 3 is 2.33 bits per heavy atom. The molecule has 0 amide bonds. The lowest BCUT2D eigenvalue weighted by Gasteiger charge is -2.34. The monoisotopic (exact) mass is 473 g/mol. The molecule has 0 saturated carbocycles. The first-order chi connectivity index (χ1) is 12.7. The Balaban J connectivity index is 1.76. The predicted molar refractivity (Wildman–Crippen MR) is 106 cm³/mol. The predicted octanol–water partition coefficient (Wildman–Crippen LogP) is 1.75. The number of sulfonamides is 1. The van der Waals surface area contributed by atoms with Gasteiger partial charge in [0, 0.05) is 49.6 Å².